The molecule has 4 N–H and O–H groups in total. The van der Waals surface area contributed by atoms with Crippen molar-refractivity contribution in [1.82, 2.24) is 0 Å². The van der Waals surface area contributed by atoms with Crippen molar-refractivity contribution in [3.8, 4) is 17.2 Å². The molecule has 5 heteroatoms. The molecule has 0 unspecified atom stereocenters. The number of nitrogens with two attached hydrogens (primary N) is 1. The zero-order valence-electron chi connectivity index (χ0n) is 10.7. The Morgan fingerprint density at radius 3 is 2.45 bits per heavy atom. The number of hydrogen-bond donors (Lipinski definition) is 3. The van der Waals surface area contributed by atoms with Crippen LogP contribution in [-0.4, -0.2) is 22.2 Å². The van der Waals surface area contributed by atoms with Gasteiger partial charge in [0.1, 0.15) is 11.8 Å². The van der Waals surface area contributed by atoms with E-state index in [1.807, 2.05) is 30.3 Å². The molecule has 0 aliphatic heterocycles. The molecule has 1 atom stereocenters. The van der Waals surface area contributed by atoms with E-state index in [0.29, 0.717) is 6.42 Å². The SMILES string of the molecule is N[C@@H](Cc1ccccc1)C(=O)Oc1ccc(O)c(O)c1. The minimum atomic E-state index is -0.798. The number of carbonyl (C=O) groups excluding carboxylic acids is 1. The number of aromatic hydroxyl groups is 2. The van der Waals surface area contributed by atoms with Crippen molar-refractivity contribution in [2.24, 2.45) is 5.73 Å². The molecule has 20 heavy (non-hydrogen) atoms. The van der Waals surface area contributed by atoms with Gasteiger partial charge < -0.3 is 20.7 Å². The van der Waals surface area contributed by atoms with Gasteiger partial charge in [-0.25, -0.2) is 4.79 Å². The fourth-order valence-corrected chi connectivity index (χ4v) is 1.71. The number of carbonyl (C=O) groups is 1. The summed E-state index contributed by atoms with van der Waals surface area (Å²) >= 11 is 0. The van der Waals surface area contributed by atoms with Gasteiger partial charge in [-0.05, 0) is 24.1 Å². The van der Waals surface area contributed by atoms with Crippen LogP contribution in [0, 0.1) is 0 Å². The van der Waals surface area contributed by atoms with Crippen LogP contribution >= 0.6 is 0 Å². The highest BCUT2D eigenvalue weighted by atomic mass is 16.5. The van der Waals surface area contributed by atoms with E-state index in [-0.39, 0.29) is 17.2 Å². The van der Waals surface area contributed by atoms with E-state index in [9.17, 15) is 9.90 Å². The van der Waals surface area contributed by atoms with Crippen LogP contribution in [0.15, 0.2) is 48.5 Å². The van der Waals surface area contributed by atoms with Gasteiger partial charge in [-0.3, -0.25) is 0 Å². The number of esters is 1. The summed E-state index contributed by atoms with van der Waals surface area (Å²) in [4.78, 5) is 11.8. The highest BCUT2D eigenvalue weighted by Gasteiger charge is 2.17. The van der Waals surface area contributed by atoms with Gasteiger partial charge in [0.15, 0.2) is 11.5 Å². The minimum absolute atomic E-state index is 0.133. The zero-order chi connectivity index (χ0) is 14.5. The molecular formula is C15H15NO4. The Morgan fingerprint density at radius 2 is 1.80 bits per heavy atom. The quantitative estimate of drug-likeness (QED) is 0.447. The molecule has 0 bridgehead atoms. The van der Waals surface area contributed by atoms with Gasteiger partial charge in [0.05, 0.1) is 0 Å². The van der Waals surface area contributed by atoms with Gasteiger partial charge in [-0.15, -0.1) is 0 Å². The van der Waals surface area contributed by atoms with Crippen LogP contribution in [0.5, 0.6) is 17.2 Å². The highest BCUT2D eigenvalue weighted by Crippen LogP contribution is 2.28. The lowest BCUT2D eigenvalue weighted by Gasteiger charge is -2.11. The van der Waals surface area contributed by atoms with Gasteiger partial charge >= 0.3 is 5.97 Å². The Bertz CT molecular complexity index is 598. The summed E-state index contributed by atoms with van der Waals surface area (Å²) in [7, 11) is 0. The van der Waals surface area contributed by atoms with Crippen molar-refractivity contribution in [2.75, 3.05) is 0 Å². The smallest absolute Gasteiger partial charge is 0.328 e. The van der Waals surface area contributed by atoms with E-state index in [0.717, 1.165) is 11.6 Å². The first-order chi connectivity index (χ1) is 9.56. The van der Waals surface area contributed by atoms with E-state index >= 15 is 0 Å². The summed E-state index contributed by atoms with van der Waals surface area (Å²) in [5.74, 6) is -1.10. The third kappa shape index (κ3) is 3.49. The topological polar surface area (TPSA) is 92.8 Å². The van der Waals surface area contributed by atoms with Crippen LogP contribution in [0.3, 0.4) is 0 Å². The number of phenols is 2. The first-order valence-corrected chi connectivity index (χ1v) is 6.09. The number of benzene rings is 2. The summed E-state index contributed by atoms with van der Waals surface area (Å²) in [5, 5.41) is 18.5. The third-order valence-electron chi connectivity index (χ3n) is 2.77. The van der Waals surface area contributed by atoms with Crippen LogP contribution in [-0.2, 0) is 11.2 Å². The third-order valence-corrected chi connectivity index (χ3v) is 2.77. The number of phenolic OH excluding ortho intramolecular Hbond substituents is 2. The van der Waals surface area contributed by atoms with Gasteiger partial charge in [0, 0.05) is 6.07 Å². The normalized spacial score (nSPS) is 11.8. The molecular weight excluding hydrogens is 258 g/mol. The highest BCUT2D eigenvalue weighted by molar-refractivity contribution is 5.78. The Morgan fingerprint density at radius 1 is 1.10 bits per heavy atom. The molecule has 104 valence electrons. The minimum Gasteiger partial charge on any atom is -0.504 e. The molecule has 0 amide bonds. The van der Waals surface area contributed by atoms with Crippen LogP contribution in [0.25, 0.3) is 0 Å². The van der Waals surface area contributed by atoms with Crippen LogP contribution < -0.4 is 10.5 Å². The summed E-state index contributed by atoms with van der Waals surface area (Å²) in [6.45, 7) is 0. The maximum Gasteiger partial charge on any atom is 0.328 e. The van der Waals surface area contributed by atoms with E-state index in [1.54, 1.807) is 0 Å². The molecule has 0 aliphatic rings. The molecule has 0 radical (unpaired) electrons. The lowest BCUT2D eigenvalue weighted by atomic mass is 10.1. The first kappa shape index (κ1) is 13.9. The fourth-order valence-electron chi connectivity index (χ4n) is 1.71. The zero-order valence-corrected chi connectivity index (χ0v) is 10.7. The fraction of sp³-hybridized carbons (Fsp3) is 0.133. The maximum absolute atomic E-state index is 11.8. The van der Waals surface area contributed by atoms with E-state index in [2.05, 4.69) is 0 Å². The number of hydrogen-bond acceptors (Lipinski definition) is 5. The molecule has 0 aromatic heterocycles. The molecule has 2 rings (SSSR count). The molecule has 0 saturated heterocycles. The Labute approximate surface area is 116 Å². The van der Waals surface area contributed by atoms with Crippen LogP contribution in [0.1, 0.15) is 5.56 Å². The Balaban J connectivity index is 1.99. The maximum atomic E-state index is 11.8. The van der Waals surface area contributed by atoms with Crippen molar-refractivity contribution < 1.29 is 19.7 Å². The summed E-state index contributed by atoms with van der Waals surface area (Å²) in [6, 6.07) is 12.3. The molecule has 0 spiro atoms. The van der Waals surface area contributed by atoms with E-state index in [4.69, 9.17) is 15.6 Å². The number of rotatable bonds is 4. The van der Waals surface area contributed by atoms with Crippen LogP contribution in [0.2, 0.25) is 0 Å². The molecule has 2 aromatic rings. The van der Waals surface area contributed by atoms with Crippen molar-refractivity contribution >= 4 is 5.97 Å². The lowest BCUT2D eigenvalue weighted by Crippen LogP contribution is -2.36. The molecule has 0 saturated carbocycles. The van der Waals surface area contributed by atoms with Gasteiger partial charge in [0.2, 0.25) is 0 Å². The van der Waals surface area contributed by atoms with Crippen molar-refractivity contribution in [1.29, 1.82) is 0 Å². The second-order valence-electron chi connectivity index (χ2n) is 4.37. The van der Waals surface area contributed by atoms with Gasteiger partial charge in [-0.2, -0.15) is 0 Å². The molecule has 0 heterocycles. The molecule has 2 aromatic carbocycles. The second kappa shape index (κ2) is 6.08. The van der Waals surface area contributed by atoms with E-state index in [1.165, 1.54) is 12.1 Å². The second-order valence-corrected chi connectivity index (χ2v) is 4.37. The summed E-state index contributed by atoms with van der Waals surface area (Å²) in [6.07, 6.45) is 0.365. The van der Waals surface area contributed by atoms with Gasteiger partial charge in [-0.1, -0.05) is 30.3 Å². The predicted octanol–water partition coefficient (Wildman–Crippen LogP) is 1.57. The summed E-state index contributed by atoms with van der Waals surface area (Å²) in [5.41, 5.74) is 6.71. The molecule has 0 fully saturated rings. The van der Waals surface area contributed by atoms with Crippen molar-refractivity contribution in [3.63, 3.8) is 0 Å². The van der Waals surface area contributed by atoms with Crippen LogP contribution in [0.4, 0.5) is 0 Å². The standard InChI is InChI=1S/C15H15NO4/c16-12(8-10-4-2-1-3-5-10)15(19)20-11-6-7-13(17)14(18)9-11/h1-7,9,12,17-18H,8,16H2/t12-/m0/s1. The summed E-state index contributed by atoms with van der Waals surface area (Å²) < 4.78 is 5.05. The lowest BCUT2D eigenvalue weighted by molar-refractivity contribution is -0.135. The monoisotopic (exact) mass is 273 g/mol. The van der Waals surface area contributed by atoms with Crippen molar-refractivity contribution in [3.05, 3.63) is 54.1 Å². The molecule has 0 aliphatic carbocycles. The average molecular weight is 273 g/mol. The predicted molar refractivity (Wildman–Crippen MR) is 73.5 cm³/mol. The van der Waals surface area contributed by atoms with E-state index < -0.39 is 12.0 Å². The van der Waals surface area contributed by atoms with Crippen molar-refractivity contribution in [2.45, 2.75) is 12.5 Å². The van der Waals surface area contributed by atoms with Gasteiger partial charge in [0.25, 0.3) is 0 Å². The largest absolute Gasteiger partial charge is 0.504 e. The average Bonchev–Trinajstić information content (AvgIpc) is 2.44. The first-order valence-electron chi connectivity index (χ1n) is 6.09. The molecule has 5 nitrogen and oxygen atoms in total. The Kier molecular flexibility index (Phi) is 4.22. The number of ether oxygens (including phenoxy) is 1. The Hall–Kier alpha value is -2.53.